The zero-order valence-corrected chi connectivity index (χ0v) is 12.4. The van der Waals surface area contributed by atoms with Gasteiger partial charge in [0.05, 0.1) is 19.3 Å². The van der Waals surface area contributed by atoms with Crippen molar-refractivity contribution >= 4 is 27.3 Å². The number of fused-ring (bicyclic) bond motifs is 1. The number of thiophene rings is 1. The standard InChI is InChI=1S/C15H19NO4S/c17-9-13(18)8-16-15(19)10-20-5-3-11-1-2-14-12(7-11)4-6-21-14/h1-2,4,6-7,13,17-18H,3,5,8-10H2,(H,16,19). The van der Waals surface area contributed by atoms with Crippen LogP contribution in [-0.2, 0) is 16.0 Å². The maximum atomic E-state index is 11.4. The van der Waals surface area contributed by atoms with E-state index in [-0.39, 0.29) is 25.7 Å². The summed E-state index contributed by atoms with van der Waals surface area (Å²) in [7, 11) is 0. The van der Waals surface area contributed by atoms with Crippen LogP contribution in [0.5, 0.6) is 0 Å². The maximum absolute atomic E-state index is 11.4. The molecule has 0 saturated heterocycles. The molecule has 1 atom stereocenters. The molecule has 21 heavy (non-hydrogen) atoms. The van der Waals surface area contributed by atoms with Crippen molar-refractivity contribution in [2.45, 2.75) is 12.5 Å². The second kappa shape index (κ2) is 8.09. The van der Waals surface area contributed by atoms with Crippen molar-refractivity contribution in [3.8, 4) is 0 Å². The van der Waals surface area contributed by atoms with E-state index in [0.717, 1.165) is 6.42 Å². The maximum Gasteiger partial charge on any atom is 0.246 e. The van der Waals surface area contributed by atoms with E-state index in [2.05, 4.69) is 35.0 Å². The van der Waals surface area contributed by atoms with Crippen molar-refractivity contribution in [1.82, 2.24) is 5.32 Å². The van der Waals surface area contributed by atoms with E-state index < -0.39 is 6.10 Å². The van der Waals surface area contributed by atoms with Crippen molar-refractivity contribution in [1.29, 1.82) is 0 Å². The molecule has 1 unspecified atom stereocenters. The van der Waals surface area contributed by atoms with Gasteiger partial charge in [-0.2, -0.15) is 0 Å². The number of nitrogens with one attached hydrogen (secondary N) is 1. The lowest BCUT2D eigenvalue weighted by molar-refractivity contribution is -0.126. The SMILES string of the molecule is O=C(COCCc1ccc2sccc2c1)NCC(O)CO. The third-order valence-corrected chi connectivity index (χ3v) is 3.93. The van der Waals surface area contributed by atoms with Crippen molar-refractivity contribution < 1.29 is 19.7 Å². The van der Waals surface area contributed by atoms with Gasteiger partial charge in [0, 0.05) is 11.2 Å². The number of hydrogen-bond donors (Lipinski definition) is 3. The molecule has 0 aliphatic carbocycles. The summed E-state index contributed by atoms with van der Waals surface area (Å²) in [6.07, 6.45) is -0.176. The molecule has 3 N–H and O–H groups in total. The molecule has 0 fully saturated rings. The monoisotopic (exact) mass is 309 g/mol. The number of aliphatic hydroxyl groups excluding tert-OH is 2. The number of benzene rings is 1. The van der Waals surface area contributed by atoms with Crippen LogP contribution in [0.25, 0.3) is 10.1 Å². The smallest absolute Gasteiger partial charge is 0.246 e. The third-order valence-electron chi connectivity index (χ3n) is 3.03. The number of aliphatic hydroxyl groups is 2. The molecular weight excluding hydrogens is 290 g/mol. The van der Waals surface area contributed by atoms with E-state index in [4.69, 9.17) is 14.9 Å². The molecule has 0 radical (unpaired) electrons. The van der Waals surface area contributed by atoms with Crippen LogP contribution in [0.4, 0.5) is 0 Å². The fraction of sp³-hybridized carbons (Fsp3) is 0.400. The molecule has 1 aromatic heterocycles. The predicted octanol–water partition coefficient (Wildman–Crippen LogP) is 0.930. The summed E-state index contributed by atoms with van der Waals surface area (Å²) in [5.41, 5.74) is 1.18. The van der Waals surface area contributed by atoms with Crippen LogP contribution in [-0.4, -0.2) is 48.6 Å². The highest BCUT2D eigenvalue weighted by Gasteiger charge is 2.06. The minimum absolute atomic E-state index is 0.0352. The Hall–Kier alpha value is -1.47. The second-order valence-electron chi connectivity index (χ2n) is 4.74. The molecule has 0 aliphatic rings. The summed E-state index contributed by atoms with van der Waals surface area (Å²) in [6, 6.07) is 8.38. The molecule has 2 rings (SSSR count). The molecule has 0 saturated carbocycles. The number of ether oxygens (including phenoxy) is 1. The van der Waals surface area contributed by atoms with E-state index in [1.165, 1.54) is 15.6 Å². The first kappa shape index (κ1) is 15.9. The average molecular weight is 309 g/mol. The van der Waals surface area contributed by atoms with Crippen LogP contribution < -0.4 is 5.32 Å². The highest BCUT2D eigenvalue weighted by atomic mass is 32.1. The molecule has 0 aliphatic heterocycles. The van der Waals surface area contributed by atoms with Gasteiger partial charge in [0.2, 0.25) is 5.91 Å². The minimum atomic E-state index is -0.925. The van der Waals surface area contributed by atoms with Crippen LogP contribution in [0.15, 0.2) is 29.6 Å². The van der Waals surface area contributed by atoms with Gasteiger partial charge in [-0.25, -0.2) is 0 Å². The fourth-order valence-corrected chi connectivity index (χ4v) is 2.64. The van der Waals surface area contributed by atoms with Crippen molar-refractivity contribution in [2.75, 3.05) is 26.4 Å². The van der Waals surface area contributed by atoms with Crippen LogP contribution in [0.3, 0.4) is 0 Å². The van der Waals surface area contributed by atoms with E-state index >= 15 is 0 Å². The molecule has 2 aromatic rings. The van der Waals surface area contributed by atoms with Crippen LogP contribution >= 0.6 is 11.3 Å². The Morgan fingerprint density at radius 2 is 2.24 bits per heavy atom. The Kier molecular flexibility index (Phi) is 6.13. The molecule has 0 bridgehead atoms. The van der Waals surface area contributed by atoms with E-state index in [0.29, 0.717) is 6.61 Å². The van der Waals surface area contributed by atoms with Gasteiger partial charge in [-0.3, -0.25) is 4.79 Å². The first-order chi connectivity index (χ1) is 10.2. The Balaban J connectivity index is 1.66. The van der Waals surface area contributed by atoms with E-state index in [9.17, 15) is 4.79 Å². The fourth-order valence-electron chi connectivity index (χ4n) is 1.87. The first-order valence-corrected chi connectivity index (χ1v) is 7.66. The quantitative estimate of drug-likeness (QED) is 0.634. The van der Waals surface area contributed by atoms with E-state index in [1.54, 1.807) is 11.3 Å². The van der Waals surface area contributed by atoms with Crippen LogP contribution in [0.2, 0.25) is 0 Å². The zero-order chi connectivity index (χ0) is 15.1. The van der Waals surface area contributed by atoms with Crippen molar-refractivity contribution in [3.63, 3.8) is 0 Å². The molecule has 114 valence electrons. The molecular formula is C15H19NO4S. The lowest BCUT2D eigenvalue weighted by Gasteiger charge is -2.09. The molecule has 5 nitrogen and oxygen atoms in total. The number of amides is 1. The summed E-state index contributed by atoms with van der Waals surface area (Å²) in [4.78, 5) is 11.4. The normalized spacial score (nSPS) is 12.5. The predicted molar refractivity (Wildman–Crippen MR) is 82.5 cm³/mol. The average Bonchev–Trinajstić information content (AvgIpc) is 2.96. The summed E-state index contributed by atoms with van der Waals surface area (Å²) in [5, 5.41) is 23.5. The van der Waals surface area contributed by atoms with Gasteiger partial charge in [-0.05, 0) is 34.9 Å². The lowest BCUT2D eigenvalue weighted by Crippen LogP contribution is -2.36. The summed E-state index contributed by atoms with van der Waals surface area (Å²) in [6.45, 7) is 0.0875. The molecule has 1 heterocycles. The number of carbonyl (C=O) groups excluding carboxylic acids is 1. The Bertz CT molecular complexity index is 584. The van der Waals surface area contributed by atoms with Gasteiger partial charge in [-0.15, -0.1) is 11.3 Å². The van der Waals surface area contributed by atoms with Gasteiger partial charge in [0.1, 0.15) is 6.61 Å². The lowest BCUT2D eigenvalue weighted by atomic mass is 10.1. The summed E-state index contributed by atoms with van der Waals surface area (Å²) in [5.74, 6) is -0.296. The zero-order valence-electron chi connectivity index (χ0n) is 11.6. The van der Waals surface area contributed by atoms with Gasteiger partial charge < -0.3 is 20.3 Å². The summed E-state index contributed by atoms with van der Waals surface area (Å²) < 4.78 is 6.57. The first-order valence-electron chi connectivity index (χ1n) is 6.78. The summed E-state index contributed by atoms with van der Waals surface area (Å²) >= 11 is 1.72. The Morgan fingerprint density at radius 1 is 1.38 bits per heavy atom. The number of hydrogen-bond acceptors (Lipinski definition) is 5. The molecule has 1 amide bonds. The highest BCUT2D eigenvalue weighted by molar-refractivity contribution is 7.17. The number of rotatable bonds is 8. The van der Waals surface area contributed by atoms with Gasteiger partial charge in [0.25, 0.3) is 0 Å². The molecule has 0 spiro atoms. The van der Waals surface area contributed by atoms with Gasteiger partial charge in [-0.1, -0.05) is 12.1 Å². The van der Waals surface area contributed by atoms with Gasteiger partial charge >= 0.3 is 0 Å². The van der Waals surface area contributed by atoms with Crippen molar-refractivity contribution in [3.05, 3.63) is 35.2 Å². The van der Waals surface area contributed by atoms with E-state index in [1.807, 2.05) is 0 Å². The highest BCUT2D eigenvalue weighted by Crippen LogP contribution is 2.21. The third kappa shape index (κ3) is 5.09. The van der Waals surface area contributed by atoms with Crippen molar-refractivity contribution in [2.24, 2.45) is 0 Å². The van der Waals surface area contributed by atoms with Crippen LogP contribution in [0.1, 0.15) is 5.56 Å². The topological polar surface area (TPSA) is 78.8 Å². The van der Waals surface area contributed by atoms with Crippen LogP contribution in [0, 0.1) is 0 Å². The molecule has 6 heteroatoms. The Labute approximate surface area is 127 Å². The van der Waals surface area contributed by atoms with Gasteiger partial charge in [0.15, 0.2) is 0 Å². The Morgan fingerprint density at radius 3 is 3.05 bits per heavy atom. The molecule has 1 aromatic carbocycles. The number of carbonyl (C=O) groups is 1. The second-order valence-corrected chi connectivity index (χ2v) is 5.68. The largest absolute Gasteiger partial charge is 0.394 e. The minimum Gasteiger partial charge on any atom is -0.394 e.